The molecule has 0 fully saturated rings. The van der Waals surface area contributed by atoms with Gasteiger partial charge in [0, 0.05) is 0 Å². The van der Waals surface area contributed by atoms with E-state index in [4.69, 9.17) is 4.74 Å². The van der Waals surface area contributed by atoms with E-state index < -0.39 is 7.26 Å². The van der Waals surface area contributed by atoms with Gasteiger partial charge >= 0.3 is 155 Å². The van der Waals surface area contributed by atoms with Crippen molar-refractivity contribution in [1.82, 2.24) is 0 Å². The van der Waals surface area contributed by atoms with Crippen LogP contribution in [0.3, 0.4) is 0 Å². The van der Waals surface area contributed by atoms with Crippen LogP contribution in [0.25, 0.3) is 0 Å². The third-order valence-corrected chi connectivity index (χ3v) is 9.67. The summed E-state index contributed by atoms with van der Waals surface area (Å²) in [6.45, 7) is 4.05. The summed E-state index contributed by atoms with van der Waals surface area (Å²) in [7, 11) is -1.06. The fourth-order valence-corrected chi connectivity index (χ4v) is 8.19. The minimum atomic E-state index is -2.47. The van der Waals surface area contributed by atoms with Crippen LogP contribution in [0, 0.1) is 0 Å². The van der Waals surface area contributed by atoms with E-state index in [2.05, 4.69) is 79.4 Å². The molecule has 0 bridgehead atoms. The number of hydrogen-bond acceptors (Lipinski definition) is 2. The molecule has 0 spiro atoms. The Morgan fingerprint density at radius 2 is 1.12 bits per heavy atom. The van der Waals surface area contributed by atoms with Gasteiger partial charge in [-0.05, 0) is 0 Å². The molecule has 0 aliphatic carbocycles. The van der Waals surface area contributed by atoms with Gasteiger partial charge in [0.15, 0.2) is 0 Å². The average Bonchev–Trinajstić information content (AvgIpc) is 2.73. The van der Waals surface area contributed by atoms with Crippen molar-refractivity contribution in [2.75, 3.05) is 13.3 Å². The first-order valence-electron chi connectivity index (χ1n) is 8.61. The summed E-state index contributed by atoms with van der Waals surface area (Å²) in [6.07, 6.45) is 0.581. The van der Waals surface area contributed by atoms with Gasteiger partial charge in [-0.1, -0.05) is 0 Å². The van der Waals surface area contributed by atoms with E-state index in [0.29, 0.717) is 11.7 Å². The molecule has 2 nitrogen and oxygen atoms in total. The van der Waals surface area contributed by atoms with Crippen molar-refractivity contribution < 1.29 is 9.53 Å². The molecule has 0 amide bonds. The quantitative estimate of drug-likeness (QED) is 0.381. The van der Waals surface area contributed by atoms with Gasteiger partial charge in [-0.25, -0.2) is 0 Å². The fraction of sp³-hybridized carbons (Fsp3) is 0.0870. The number of carbonyl (C=O) groups is 1. The van der Waals surface area contributed by atoms with Crippen LogP contribution in [0.15, 0.2) is 103 Å². The van der Waals surface area contributed by atoms with Crippen LogP contribution in [0.5, 0.6) is 0 Å². The third-order valence-electron chi connectivity index (χ3n) is 4.75. The van der Waals surface area contributed by atoms with Crippen molar-refractivity contribution >= 4 is 29.1 Å². The minimum absolute atomic E-state index is 0.343. The number of benzene rings is 3. The molecule has 3 heteroatoms. The Hall–Kier alpha value is -2.70. The Bertz CT molecular complexity index is 777. The number of methoxy groups -OCH3 is 1. The molecule has 132 valence electrons. The molecule has 0 heterocycles. The molecular formula is C23H23O2P. The Kier molecular flexibility index (Phi) is 5.65. The predicted octanol–water partition coefficient (Wildman–Crippen LogP) is 3.44. The van der Waals surface area contributed by atoms with Gasteiger partial charge in [0.25, 0.3) is 0 Å². The van der Waals surface area contributed by atoms with E-state index in [9.17, 15) is 4.79 Å². The van der Waals surface area contributed by atoms with Crippen LogP contribution in [0.4, 0.5) is 0 Å². The zero-order chi connectivity index (χ0) is 18.4. The number of rotatable bonds is 6. The van der Waals surface area contributed by atoms with Crippen LogP contribution in [-0.2, 0) is 9.53 Å². The van der Waals surface area contributed by atoms with Gasteiger partial charge in [0.2, 0.25) is 0 Å². The molecule has 0 atom stereocenters. The monoisotopic (exact) mass is 362 g/mol. The molecule has 0 N–H and O–H groups in total. The second kappa shape index (κ2) is 8.12. The molecule has 0 aromatic heterocycles. The van der Waals surface area contributed by atoms with Crippen molar-refractivity contribution in [3.63, 3.8) is 0 Å². The second-order valence-electron chi connectivity index (χ2n) is 6.28. The first-order valence-corrected chi connectivity index (χ1v) is 10.8. The Labute approximate surface area is 155 Å². The van der Waals surface area contributed by atoms with E-state index in [1.807, 2.05) is 18.2 Å². The summed E-state index contributed by atoms with van der Waals surface area (Å²) in [5.41, 5.74) is 0.510. The molecular weight excluding hydrogens is 339 g/mol. The molecule has 26 heavy (non-hydrogen) atoms. The molecule has 0 unspecified atom stereocenters. The zero-order valence-corrected chi connectivity index (χ0v) is 15.9. The van der Waals surface area contributed by atoms with Crippen molar-refractivity contribution in [2.24, 2.45) is 0 Å². The van der Waals surface area contributed by atoms with Crippen molar-refractivity contribution in [3.05, 3.63) is 103 Å². The second-order valence-corrected chi connectivity index (χ2v) is 10.2. The number of esters is 1. The van der Waals surface area contributed by atoms with Crippen LogP contribution in [0.2, 0.25) is 0 Å². The Morgan fingerprint density at radius 1 is 0.769 bits per heavy atom. The molecule has 0 aliphatic heterocycles. The summed E-state index contributed by atoms with van der Waals surface area (Å²) >= 11 is 0. The maximum absolute atomic E-state index is 12.2. The molecule has 3 aromatic rings. The average molecular weight is 362 g/mol. The van der Waals surface area contributed by atoms with E-state index >= 15 is 0 Å². The third kappa shape index (κ3) is 3.47. The first kappa shape index (κ1) is 18.1. The summed E-state index contributed by atoms with van der Waals surface area (Å²) in [4.78, 5) is 12.2. The maximum atomic E-state index is 12.2. The molecule has 3 rings (SSSR count). The van der Waals surface area contributed by atoms with Crippen LogP contribution < -0.4 is 15.9 Å². The molecule has 0 aliphatic rings. The van der Waals surface area contributed by atoms with Gasteiger partial charge in [-0.15, -0.1) is 0 Å². The van der Waals surface area contributed by atoms with Crippen LogP contribution in [-0.4, -0.2) is 19.2 Å². The topological polar surface area (TPSA) is 26.3 Å². The molecule has 3 aromatic carbocycles. The van der Waals surface area contributed by atoms with E-state index in [-0.39, 0.29) is 5.97 Å². The van der Waals surface area contributed by atoms with Gasteiger partial charge in [0.1, 0.15) is 0 Å². The van der Waals surface area contributed by atoms with Gasteiger partial charge in [-0.3, -0.25) is 0 Å². The molecule has 0 saturated carbocycles. The van der Waals surface area contributed by atoms with Crippen LogP contribution in [0.1, 0.15) is 0 Å². The predicted molar refractivity (Wildman–Crippen MR) is 113 cm³/mol. The number of carbonyl (C=O) groups excluding carboxylic acids is 1. The summed E-state index contributed by atoms with van der Waals surface area (Å²) < 4.78 is 4.95. The number of ether oxygens (including phenoxy) is 1. The van der Waals surface area contributed by atoms with E-state index in [1.165, 1.54) is 23.0 Å². The Balaban J connectivity index is 2.28. The number of hydrogen-bond donors (Lipinski definition) is 0. The molecule has 0 radical (unpaired) electrons. The van der Waals surface area contributed by atoms with E-state index in [0.717, 1.165) is 0 Å². The normalized spacial score (nSPS) is 11.6. The van der Waals surface area contributed by atoms with Crippen LogP contribution >= 0.6 is 7.26 Å². The van der Waals surface area contributed by atoms with Crippen molar-refractivity contribution in [2.45, 2.75) is 0 Å². The first-order chi connectivity index (χ1) is 12.7. The summed E-state index contributed by atoms with van der Waals surface area (Å²) in [5.74, 6) is -0.343. The summed E-state index contributed by atoms with van der Waals surface area (Å²) in [5, 5.41) is 3.76. The SMILES string of the molecule is C=C(C[PH](c1ccccc1)(c1ccccc1)c1ccccc1)C(=O)OC. The van der Waals surface area contributed by atoms with Gasteiger partial charge in [0.05, 0.1) is 0 Å². The standard InChI is InChI=1S/C23H23O2P/c1-19(23(24)25-2)18-26(20-12-6-3-7-13-20,21-14-8-4-9-15-21)22-16-10-5-11-17-22/h3-17,26H,1,18H2,2H3. The fourth-order valence-electron chi connectivity index (χ4n) is 3.51. The van der Waals surface area contributed by atoms with Gasteiger partial charge in [-0.2, -0.15) is 0 Å². The van der Waals surface area contributed by atoms with Crippen molar-refractivity contribution in [3.8, 4) is 0 Å². The van der Waals surface area contributed by atoms with Gasteiger partial charge < -0.3 is 0 Å². The Morgan fingerprint density at radius 3 is 1.42 bits per heavy atom. The molecule has 0 saturated heterocycles. The summed E-state index contributed by atoms with van der Waals surface area (Å²) in [6, 6.07) is 31.4. The zero-order valence-electron chi connectivity index (χ0n) is 14.9. The van der Waals surface area contributed by atoms with E-state index in [1.54, 1.807) is 0 Å². The van der Waals surface area contributed by atoms with Crippen molar-refractivity contribution in [1.29, 1.82) is 0 Å².